The molecule has 156 valence electrons. The van der Waals surface area contributed by atoms with Crippen molar-refractivity contribution in [2.75, 3.05) is 13.1 Å². The molecule has 2 aromatic carbocycles. The lowest BCUT2D eigenvalue weighted by Crippen LogP contribution is -2.35. The maximum absolute atomic E-state index is 13.6. The Hall–Kier alpha value is -3.45. The number of aryl methyl sites for hydroxylation is 1. The second-order valence-electron chi connectivity index (χ2n) is 6.84. The third-order valence-electron chi connectivity index (χ3n) is 4.78. The SMILES string of the molecule is Cc1cc(N=[N+]=[N-])cc(C2=CCN(C(=O)OCc3ccccc3)CC2)c1C(F)(F)F. The van der Waals surface area contributed by atoms with Crippen LogP contribution in [0.4, 0.5) is 23.7 Å². The average Bonchev–Trinajstić information content (AvgIpc) is 2.71. The summed E-state index contributed by atoms with van der Waals surface area (Å²) >= 11 is 0. The minimum atomic E-state index is -4.55. The zero-order valence-corrected chi connectivity index (χ0v) is 16.2. The Morgan fingerprint density at radius 2 is 2.00 bits per heavy atom. The van der Waals surface area contributed by atoms with Crippen molar-refractivity contribution < 1.29 is 22.7 Å². The number of amides is 1. The Bertz CT molecular complexity index is 1010. The second-order valence-corrected chi connectivity index (χ2v) is 6.84. The van der Waals surface area contributed by atoms with E-state index >= 15 is 0 Å². The maximum atomic E-state index is 13.6. The Morgan fingerprint density at radius 3 is 2.60 bits per heavy atom. The van der Waals surface area contributed by atoms with E-state index in [1.165, 1.54) is 24.0 Å². The Labute approximate surface area is 171 Å². The molecule has 0 aliphatic carbocycles. The summed E-state index contributed by atoms with van der Waals surface area (Å²) in [7, 11) is 0. The van der Waals surface area contributed by atoms with Crippen LogP contribution in [0.25, 0.3) is 16.0 Å². The monoisotopic (exact) mass is 416 g/mol. The summed E-state index contributed by atoms with van der Waals surface area (Å²) in [6, 6.07) is 11.6. The molecule has 9 heteroatoms. The van der Waals surface area contributed by atoms with Crippen molar-refractivity contribution in [3.8, 4) is 0 Å². The van der Waals surface area contributed by atoms with Gasteiger partial charge in [0.05, 0.1) is 5.56 Å². The molecule has 0 bridgehead atoms. The van der Waals surface area contributed by atoms with Gasteiger partial charge in [-0.25, -0.2) is 4.79 Å². The molecule has 2 aromatic rings. The third kappa shape index (κ3) is 4.93. The van der Waals surface area contributed by atoms with Crippen molar-refractivity contribution in [3.05, 3.63) is 81.2 Å². The van der Waals surface area contributed by atoms with Gasteiger partial charge >= 0.3 is 12.3 Å². The summed E-state index contributed by atoms with van der Waals surface area (Å²) in [5, 5.41) is 3.44. The molecular weight excluding hydrogens is 397 g/mol. The zero-order valence-electron chi connectivity index (χ0n) is 16.2. The number of carbonyl (C=O) groups excluding carboxylic acids is 1. The number of benzene rings is 2. The van der Waals surface area contributed by atoms with Gasteiger partial charge in [-0.3, -0.25) is 0 Å². The summed E-state index contributed by atoms with van der Waals surface area (Å²) < 4.78 is 46.2. The fourth-order valence-corrected chi connectivity index (χ4v) is 3.40. The molecule has 0 radical (unpaired) electrons. The highest BCUT2D eigenvalue weighted by atomic mass is 19.4. The fraction of sp³-hybridized carbons (Fsp3) is 0.286. The lowest BCUT2D eigenvalue weighted by molar-refractivity contribution is -0.138. The summed E-state index contributed by atoms with van der Waals surface area (Å²) in [6.45, 7) is 1.81. The first-order chi connectivity index (χ1) is 14.3. The van der Waals surface area contributed by atoms with Crippen LogP contribution in [-0.4, -0.2) is 24.1 Å². The first-order valence-corrected chi connectivity index (χ1v) is 9.21. The van der Waals surface area contributed by atoms with Crippen molar-refractivity contribution in [1.29, 1.82) is 0 Å². The minimum absolute atomic E-state index is 0.0204. The highest BCUT2D eigenvalue weighted by Crippen LogP contribution is 2.41. The molecule has 3 rings (SSSR count). The fourth-order valence-electron chi connectivity index (χ4n) is 3.40. The minimum Gasteiger partial charge on any atom is -0.445 e. The summed E-state index contributed by atoms with van der Waals surface area (Å²) in [5.74, 6) is 0. The molecule has 1 heterocycles. The van der Waals surface area contributed by atoms with Crippen LogP contribution >= 0.6 is 0 Å². The topological polar surface area (TPSA) is 78.3 Å². The summed E-state index contributed by atoms with van der Waals surface area (Å²) in [5.41, 5.74) is 9.24. The van der Waals surface area contributed by atoms with Gasteiger partial charge < -0.3 is 9.64 Å². The largest absolute Gasteiger partial charge is 0.445 e. The average molecular weight is 416 g/mol. The molecule has 0 spiro atoms. The van der Waals surface area contributed by atoms with Gasteiger partial charge in [0.15, 0.2) is 0 Å². The van der Waals surface area contributed by atoms with E-state index in [0.29, 0.717) is 5.57 Å². The lowest BCUT2D eigenvalue weighted by atomic mass is 9.91. The molecule has 0 fully saturated rings. The molecule has 0 aromatic heterocycles. The highest BCUT2D eigenvalue weighted by molar-refractivity contribution is 5.76. The zero-order chi connectivity index (χ0) is 21.7. The van der Waals surface area contributed by atoms with Crippen LogP contribution in [0.3, 0.4) is 0 Å². The number of ether oxygens (including phenoxy) is 1. The molecule has 0 atom stereocenters. The molecule has 6 nitrogen and oxygen atoms in total. The number of rotatable bonds is 4. The van der Waals surface area contributed by atoms with Crippen LogP contribution in [0.15, 0.2) is 53.7 Å². The van der Waals surface area contributed by atoms with E-state index < -0.39 is 17.8 Å². The number of carbonyl (C=O) groups is 1. The molecule has 0 N–H and O–H groups in total. The van der Waals surface area contributed by atoms with Gasteiger partial charge in [-0.05, 0) is 53.3 Å². The number of hydrogen-bond donors (Lipinski definition) is 0. The lowest BCUT2D eigenvalue weighted by Gasteiger charge is -2.27. The molecule has 0 saturated carbocycles. The van der Waals surface area contributed by atoms with Gasteiger partial charge in [0, 0.05) is 23.7 Å². The van der Waals surface area contributed by atoms with Crippen molar-refractivity contribution in [2.45, 2.75) is 26.1 Å². The van der Waals surface area contributed by atoms with Crippen LogP contribution in [0, 0.1) is 6.92 Å². The van der Waals surface area contributed by atoms with Crippen molar-refractivity contribution in [1.82, 2.24) is 4.90 Å². The molecule has 1 aliphatic rings. The molecule has 1 amide bonds. The van der Waals surface area contributed by atoms with Crippen molar-refractivity contribution in [2.24, 2.45) is 5.11 Å². The maximum Gasteiger partial charge on any atom is 0.417 e. The van der Waals surface area contributed by atoms with Crippen molar-refractivity contribution in [3.63, 3.8) is 0 Å². The van der Waals surface area contributed by atoms with Gasteiger partial charge in [-0.2, -0.15) is 13.2 Å². The molecule has 0 saturated heterocycles. The van der Waals surface area contributed by atoms with Gasteiger partial charge in [-0.15, -0.1) is 0 Å². The standard InChI is InChI=1S/C21H19F3N4O2/c1-14-11-17(26-27-25)12-18(19(14)21(22,23)24)16-7-9-28(10-8-16)20(29)30-13-15-5-3-2-4-6-15/h2-7,11-12H,8-10,13H2,1H3. The van der Waals surface area contributed by atoms with Gasteiger partial charge in [-0.1, -0.05) is 41.5 Å². The van der Waals surface area contributed by atoms with Gasteiger partial charge in [0.25, 0.3) is 0 Å². The number of hydrogen-bond acceptors (Lipinski definition) is 3. The normalized spacial score (nSPS) is 14.0. The first-order valence-electron chi connectivity index (χ1n) is 9.21. The number of halogens is 3. The van der Waals surface area contributed by atoms with Crippen molar-refractivity contribution >= 4 is 17.4 Å². The number of alkyl halides is 3. The van der Waals surface area contributed by atoms with Crippen LogP contribution < -0.4 is 0 Å². The smallest absolute Gasteiger partial charge is 0.417 e. The van der Waals surface area contributed by atoms with E-state index in [2.05, 4.69) is 10.0 Å². The van der Waals surface area contributed by atoms with Crippen LogP contribution in [0.2, 0.25) is 0 Å². The van der Waals surface area contributed by atoms with Crippen LogP contribution in [-0.2, 0) is 17.5 Å². The van der Waals surface area contributed by atoms with E-state index in [1.54, 1.807) is 6.08 Å². The van der Waals surface area contributed by atoms with E-state index in [0.717, 1.165) is 5.56 Å². The quantitative estimate of drug-likeness (QED) is 0.329. The molecule has 0 unspecified atom stereocenters. The summed E-state index contributed by atoms with van der Waals surface area (Å²) in [6.07, 6.45) is -3.27. The third-order valence-corrected chi connectivity index (χ3v) is 4.78. The van der Waals surface area contributed by atoms with Crippen LogP contribution in [0.5, 0.6) is 0 Å². The second kappa shape index (κ2) is 8.92. The number of azide groups is 1. The first kappa shape index (κ1) is 21.3. The highest BCUT2D eigenvalue weighted by Gasteiger charge is 2.36. The number of nitrogens with zero attached hydrogens (tertiary/aromatic N) is 4. The van der Waals surface area contributed by atoms with Crippen LogP contribution in [0.1, 0.15) is 28.7 Å². The Morgan fingerprint density at radius 1 is 1.27 bits per heavy atom. The van der Waals surface area contributed by atoms with E-state index in [4.69, 9.17) is 10.3 Å². The van der Waals surface area contributed by atoms with E-state index in [1.807, 2.05) is 30.3 Å². The molecule has 30 heavy (non-hydrogen) atoms. The predicted molar refractivity (Wildman–Crippen MR) is 106 cm³/mol. The Kier molecular flexibility index (Phi) is 6.32. The van der Waals surface area contributed by atoms with Gasteiger partial charge in [0.1, 0.15) is 6.61 Å². The predicted octanol–water partition coefficient (Wildman–Crippen LogP) is 6.38. The van der Waals surface area contributed by atoms with E-state index in [-0.39, 0.29) is 42.9 Å². The summed E-state index contributed by atoms with van der Waals surface area (Å²) in [4.78, 5) is 16.4. The van der Waals surface area contributed by atoms with Gasteiger partial charge in [0.2, 0.25) is 0 Å². The Balaban J connectivity index is 1.79. The van der Waals surface area contributed by atoms with E-state index in [9.17, 15) is 18.0 Å². The molecular formula is C21H19F3N4O2. The molecule has 1 aliphatic heterocycles.